The molecule has 3 nitrogen and oxygen atoms in total. The molecule has 0 saturated heterocycles. The minimum Gasteiger partial charge on any atom is -0.478 e. The third-order valence-electron chi connectivity index (χ3n) is 5.82. The van der Waals surface area contributed by atoms with Gasteiger partial charge in [-0.05, 0) is 30.6 Å². The highest BCUT2D eigenvalue weighted by Gasteiger charge is 2.42. The molecule has 2 aliphatic rings. The first-order chi connectivity index (χ1) is 12.2. The van der Waals surface area contributed by atoms with Gasteiger partial charge in [-0.1, -0.05) is 74.9 Å². The van der Waals surface area contributed by atoms with E-state index in [9.17, 15) is 0 Å². The Morgan fingerprint density at radius 1 is 1.19 bits per heavy atom. The second-order valence-corrected chi connectivity index (χ2v) is 13.6. The van der Waals surface area contributed by atoms with Crippen LogP contribution in [0.1, 0.15) is 39.4 Å². The molecule has 0 bridgehead atoms. The Kier molecular flexibility index (Phi) is 5.27. The predicted octanol–water partition coefficient (Wildman–Crippen LogP) is 5.68. The van der Waals surface area contributed by atoms with Gasteiger partial charge in [-0.3, -0.25) is 0 Å². The summed E-state index contributed by atoms with van der Waals surface area (Å²) < 4.78 is 12.8. The highest BCUT2D eigenvalue weighted by molar-refractivity contribution is 6.74. The lowest BCUT2D eigenvalue weighted by Crippen LogP contribution is -2.44. The van der Waals surface area contributed by atoms with Crippen LogP contribution in [0.15, 0.2) is 59.1 Å². The minimum absolute atomic E-state index is 0.00308. The smallest absolute Gasteiger partial charge is 0.195 e. The first-order valence-corrected chi connectivity index (χ1v) is 12.4. The van der Waals surface area contributed by atoms with E-state index in [1.54, 1.807) is 0 Å². The molecule has 1 aromatic rings. The van der Waals surface area contributed by atoms with E-state index in [1.807, 2.05) is 6.07 Å². The molecule has 0 amide bonds. The van der Waals surface area contributed by atoms with Crippen molar-refractivity contribution in [2.45, 2.75) is 58.0 Å². The molecular weight excluding hydrogens is 338 g/mol. The van der Waals surface area contributed by atoms with Gasteiger partial charge in [-0.15, -0.1) is 0 Å². The maximum atomic E-state index is 6.83. The second-order valence-electron chi connectivity index (χ2n) is 8.83. The number of ether oxygens (including phenoxy) is 1. The fraction of sp³-hybridized carbons (Fsp3) is 0.500. The van der Waals surface area contributed by atoms with Crippen LogP contribution in [0.3, 0.4) is 0 Å². The van der Waals surface area contributed by atoms with E-state index < -0.39 is 8.32 Å². The third kappa shape index (κ3) is 3.86. The lowest BCUT2D eigenvalue weighted by molar-refractivity contribution is 0.136. The van der Waals surface area contributed by atoms with Crippen LogP contribution in [0.4, 0.5) is 0 Å². The maximum absolute atomic E-state index is 6.83. The summed E-state index contributed by atoms with van der Waals surface area (Å²) in [6, 6.07) is 10.5. The fourth-order valence-corrected chi connectivity index (χ4v) is 4.37. The number of nitrogens with zero attached hydrogens (tertiary/aromatic N) is 1. The fourth-order valence-electron chi connectivity index (χ4n) is 3.09. The Labute approximate surface area is 159 Å². The van der Waals surface area contributed by atoms with Gasteiger partial charge in [0.15, 0.2) is 14.2 Å². The molecule has 1 unspecified atom stereocenters. The molecular formula is C22H31NO2Si. The third-order valence-corrected chi connectivity index (χ3v) is 10.3. The minimum atomic E-state index is -1.94. The summed E-state index contributed by atoms with van der Waals surface area (Å²) in [5.41, 5.74) is 2.47. The van der Waals surface area contributed by atoms with E-state index in [0.717, 1.165) is 5.90 Å². The molecule has 140 valence electrons. The van der Waals surface area contributed by atoms with E-state index in [1.165, 1.54) is 11.1 Å². The number of aliphatic imine (C=N–C) groups is 1. The van der Waals surface area contributed by atoms with Crippen LogP contribution in [0.2, 0.25) is 18.1 Å². The van der Waals surface area contributed by atoms with Crippen molar-refractivity contribution in [1.29, 1.82) is 0 Å². The maximum Gasteiger partial charge on any atom is 0.195 e. The van der Waals surface area contributed by atoms with E-state index in [2.05, 4.69) is 83.3 Å². The van der Waals surface area contributed by atoms with Crippen molar-refractivity contribution < 1.29 is 9.16 Å². The summed E-state index contributed by atoms with van der Waals surface area (Å²) in [6.07, 6.45) is 6.30. The van der Waals surface area contributed by atoms with Gasteiger partial charge in [0.25, 0.3) is 0 Å². The zero-order chi connectivity index (χ0) is 18.9. The molecule has 0 aromatic heterocycles. The van der Waals surface area contributed by atoms with Crippen LogP contribution in [0, 0.1) is 5.92 Å². The molecule has 1 aliphatic heterocycles. The van der Waals surface area contributed by atoms with Crippen molar-refractivity contribution in [1.82, 2.24) is 0 Å². The van der Waals surface area contributed by atoms with Crippen LogP contribution >= 0.6 is 0 Å². The summed E-state index contributed by atoms with van der Waals surface area (Å²) in [6.45, 7) is 14.1. The van der Waals surface area contributed by atoms with Crippen LogP contribution in [-0.4, -0.2) is 26.9 Å². The van der Waals surface area contributed by atoms with Crippen molar-refractivity contribution in [2.24, 2.45) is 10.9 Å². The first kappa shape index (κ1) is 19.1. The van der Waals surface area contributed by atoms with E-state index in [4.69, 9.17) is 14.2 Å². The summed E-state index contributed by atoms with van der Waals surface area (Å²) in [4.78, 5) is 4.96. The van der Waals surface area contributed by atoms with E-state index in [0.29, 0.717) is 6.61 Å². The summed E-state index contributed by atoms with van der Waals surface area (Å²) in [5.74, 6) is 1.02. The van der Waals surface area contributed by atoms with Gasteiger partial charge in [0, 0.05) is 0 Å². The molecule has 1 heterocycles. The Bertz CT molecular complexity index is 728. The quantitative estimate of drug-likeness (QED) is 0.625. The van der Waals surface area contributed by atoms with Crippen LogP contribution in [0.25, 0.3) is 0 Å². The average molecular weight is 370 g/mol. The SMILES string of the molecule is CC1=CC=CC1C1=N[C@H]([C@@H](O[Si](C)(C)C(C)(C)C)c2ccccc2)CO1. The molecule has 0 N–H and O–H groups in total. The molecule has 4 heteroatoms. The Hall–Kier alpha value is -1.65. The Morgan fingerprint density at radius 2 is 1.88 bits per heavy atom. The Balaban J connectivity index is 1.89. The highest BCUT2D eigenvalue weighted by Crippen LogP contribution is 2.41. The topological polar surface area (TPSA) is 30.8 Å². The first-order valence-electron chi connectivity index (χ1n) is 9.47. The van der Waals surface area contributed by atoms with Gasteiger partial charge >= 0.3 is 0 Å². The zero-order valence-corrected chi connectivity index (χ0v) is 17.8. The number of rotatable bonds is 5. The average Bonchev–Trinajstić information content (AvgIpc) is 3.21. The molecule has 3 atom stereocenters. The molecule has 3 rings (SSSR count). The summed E-state index contributed by atoms with van der Waals surface area (Å²) in [5, 5.41) is 0.152. The van der Waals surface area contributed by atoms with Crippen molar-refractivity contribution >= 4 is 14.2 Å². The number of benzene rings is 1. The van der Waals surface area contributed by atoms with Gasteiger partial charge in [0.05, 0.1) is 12.0 Å². The second kappa shape index (κ2) is 7.16. The standard InChI is InChI=1S/C22H31NO2Si/c1-16-11-10-14-18(16)21-23-19(15-24-21)20(17-12-8-7-9-13-17)25-26(5,6)22(2,3)4/h7-14,18-20H,15H2,1-6H3/t18?,19-,20-/m0/s1. The number of allylic oxidation sites excluding steroid dienone is 2. The van der Waals surface area contributed by atoms with Crippen molar-refractivity contribution in [3.8, 4) is 0 Å². The molecule has 26 heavy (non-hydrogen) atoms. The molecule has 0 fully saturated rings. The number of hydrogen-bond acceptors (Lipinski definition) is 3. The molecule has 1 aromatic carbocycles. The monoisotopic (exact) mass is 369 g/mol. The van der Waals surface area contributed by atoms with Gasteiger partial charge < -0.3 is 9.16 Å². The van der Waals surface area contributed by atoms with Crippen molar-refractivity contribution in [3.63, 3.8) is 0 Å². The normalized spacial score (nSPS) is 24.2. The van der Waals surface area contributed by atoms with Gasteiger partial charge in [-0.25, -0.2) is 4.99 Å². The molecule has 0 saturated carbocycles. The van der Waals surface area contributed by atoms with Gasteiger partial charge in [-0.2, -0.15) is 0 Å². The number of hydrogen-bond donors (Lipinski definition) is 0. The highest BCUT2D eigenvalue weighted by atomic mass is 28.4. The van der Waals surface area contributed by atoms with E-state index in [-0.39, 0.29) is 23.1 Å². The lowest BCUT2D eigenvalue weighted by atomic mass is 10.0. The largest absolute Gasteiger partial charge is 0.478 e. The van der Waals surface area contributed by atoms with Crippen molar-refractivity contribution in [2.75, 3.05) is 6.61 Å². The molecule has 0 spiro atoms. The van der Waals surface area contributed by atoms with Gasteiger partial charge in [0.1, 0.15) is 12.6 Å². The zero-order valence-electron chi connectivity index (χ0n) is 16.8. The molecule has 0 radical (unpaired) electrons. The molecule has 1 aliphatic carbocycles. The van der Waals surface area contributed by atoms with Crippen LogP contribution < -0.4 is 0 Å². The van der Waals surface area contributed by atoms with E-state index >= 15 is 0 Å². The van der Waals surface area contributed by atoms with Crippen LogP contribution in [0.5, 0.6) is 0 Å². The van der Waals surface area contributed by atoms with Gasteiger partial charge in [0.2, 0.25) is 0 Å². The lowest BCUT2D eigenvalue weighted by Gasteiger charge is -2.40. The van der Waals surface area contributed by atoms with Crippen LogP contribution in [-0.2, 0) is 9.16 Å². The summed E-state index contributed by atoms with van der Waals surface area (Å²) >= 11 is 0. The summed E-state index contributed by atoms with van der Waals surface area (Å²) in [7, 11) is -1.94. The predicted molar refractivity (Wildman–Crippen MR) is 111 cm³/mol. The van der Waals surface area contributed by atoms with Crippen molar-refractivity contribution in [3.05, 3.63) is 59.7 Å². The Morgan fingerprint density at radius 3 is 2.46 bits per heavy atom.